The maximum atomic E-state index is 10.3. The van der Waals surface area contributed by atoms with Gasteiger partial charge in [-0.3, -0.25) is 4.98 Å². The molecule has 0 bridgehead atoms. The highest BCUT2D eigenvalue weighted by Crippen LogP contribution is 2.43. The Morgan fingerprint density at radius 2 is 0.804 bits per heavy atom. The molecule has 8 rings (SSSR count). The Morgan fingerprint density at radius 1 is 0.429 bits per heavy atom. The van der Waals surface area contributed by atoms with Crippen molar-refractivity contribution in [2.75, 3.05) is 0 Å². The van der Waals surface area contributed by atoms with E-state index in [0.29, 0.717) is 5.56 Å². The molecular weight excluding hydrogens is 681 g/mol. The molecule has 3 heterocycles. The lowest BCUT2D eigenvalue weighted by molar-refractivity contribution is 0.590. The number of nitrogens with zero attached hydrogens (tertiary/aromatic N) is 4. The number of aromatic nitrogens is 3. The van der Waals surface area contributed by atoms with Gasteiger partial charge in [0.1, 0.15) is 0 Å². The smallest absolute Gasteiger partial charge is 0.0991 e. The Morgan fingerprint density at radius 3 is 1.16 bits per heavy atom. The normalized spacial score (nSPS) is 13.0. The third-order valence-electron chi connectivity index (χ3n) is 11.7. The van der Waals surface area contributed by atoms with E-state index in [1.165, 1.54) is 43.8 Å². The summed E-state index contributed by atoms with van der Waals surface area (Å²) < 4.78 is 4.78. The van der Waals surface area contributed by atoms with Gasteiger partial charge in [0.25, 0.3) is 0 Å². The van der Waals surface area contributed by atoms with Gasteiger partial charge in [0.05, 0.1) is 51.3 Å². The summed E-state index contributed by atoms with van der Waals surface area (Å²) >= 11 is 0. The highest BCUT2D eigenvalue weighted by atomic mass is 15.0. The molecule has 5 aromatic carbocycles. The van der Waals surface area contributed by atoms with Gasteiger partial charge in [-0.25, -0.2) is 0 Å². The maximum absolute atomic E-state index is 10.3. The molecule has 0 radical (unpaired) electrons. The second-order valence-corrected chi connectivity index (χ2v) is 19.8. The second-order valence-electron chi connectivity index (χ2n) is 19.8. The van der Waals surface area contributed by atoms with E-state index in [-0.39, 0.29) is 21.7 Å². The lowest BCUT2D eigenvalue weighted by Crippen LogP contribution is -2.10. The molecule has 0 aliphatic heterocycles. The van der Waals surface area contributed by atoms with Gasteiger partial charge in [-0.15, -0.1) is 0 Å². The summed E-state index contributed by atoms with van der Waals surface area (Å²) in [5, 5.41) is 15.3. The van der Waals surface area contributed by atoms with Crippen molar-refractivity contribution in [2.45, 2.75) is 105 Å². The molecule has 0 unspecified atom stereocenters. The van der Waals surface area contributed by atoms with Crippen LogP contribution in [0.25, 0.3) is 66.1 Å². The minimum atomic E-state index is -0.000598. The monoisotopic (exact) mass is 734 g/mol. The van der Waals surface area contributed by atoms with Gasteiger partial charge in [0, 0.05) is 38.9 Å². The van der Waals surface area contributed by atoms with E-state index in [2.05, 4.69) is 189 Å². The lowest BCUT2D eigenvalue weighted by atomic mass is 9.85. The van der Waals surface area contributed by atoms with Crippen LogP contribution in [0.1, 0.15) is 111 Å². The topological polar surface area (TPSA) is 46.5 Å². The first-order valence-electron chi connectivity index (χ1n) is 19.9. The molecule has 4 heteroatoms. The Balaban J connectivity index is 1.46. The highest BCUT2D eigenvalue weighted by Gasteiger charge is 2.25. The summed E-state index contributed by atoms with van der Waals surface area (Å²) in [4.78, 5) is 4.76. The molecule has 0 aliphatic carbocycles. The van der Waals surface area contributed by atoms with E-state index in [9.17, 15) is 5.26 Å². The van der Waals surface area contributed by atoms with Crippen LogP contribution in [0.3, 0.4) is 0 Å². The minimum Gasteiger partial charge on any atom is -0.309 e. The van der Waals surface area contributed by atoms with Gasteiger partial charge in [0.2, 0.25) is 0 Å². The van der Waals surface area contributed by atoms with E-state index in [0.717, 1.165) is 44.6 Å². The van der Waals surface area contributed by atoms with Crippen LogP contribution in [-0.2, 0) is 21.7 Å². The van der Waals surface area contributed by atoms with Crippen LogP contribution in [0.15, 0.2) is 109 Å². The van der Waals surface area contributed by atoms with Crippen molar-refractivity contribution in [1.82, 2.24) is 14.1 Å². The molecule has 0 fully saturated rings. The Hall–Kier alpha value is -5.66. The first-order valence-corrected chi connectivity index (χ1v) is 19.9. The largest absolute Gasteiger partial charge is 0.309 e. The molecule has 3 aromatic heterocycles. The fourth-order valence-corrected chi connectivity index (χ4v) is 8.24. The van der Waals surface area contributed by atoms with Crippen molar-refractivity contribution in [1.29, 1.82) is 5.26 Å². The number of hydrogen-bond donors (Lipinski definition) is 0. The number of hydrogen-bond acceptors (Lipinski definition) is 2. The van der Waals surface area contributed by atoms with Crippen molar-refractivity contribution in [3.8, 4) is 28.6 Å². The highest BCUT2D eigenvalue weighted by molar-refractivity contribution is 6.12. The summed E-state index contributed by atoms with van der Waals surface area (Å²) in [6.45, 7) is 27.3. The SMILES string of the molecule is CC(C)(C)c1ccc2c(c1)c1cc(C(C)(C)C)ccc1n2-c1ccc(C#N)cc1-c1ccncc1-n1c2ccc(C(C)(C)C)cc2c2cc(C(C)(C)C)ccc21. The van der Waals surface area contributed by atoms with Crippen LogP contribution < -0.4 is 0 Å². The lowest BCUT2D eigenvalue weighted by Gasteiger charge is -2.21. The van der Waals surface area contributed by atoms with Gasteiger partial charge in [-0.05, 0) is 117 Å². The molecule has 282 valence electrons. The van der Waals surface area contributed by atoms with E-state index >= 15 is 0 Å². The molecule has 56 heavy (non-hydrogen) atoms. The predicted octanol–water partition coefficient (Wildman–Crippen LogP) is 14.0. The van der Waals surface area contributed by atoms with Gasteiger partial charge >= 0.3 is 0 Å². The minimum absolute atomic E-state index is 0.0000477. The molecule has 4 nitrogen and oxygen atoms in total. The van der Waals surface area contributed by atoms with Gasteiger partial charge in [0.15, 0.2) is 0 Å². The van der Waals surface area contributed by atoms with Crippen LogP contribution in [-0.4, -0.2) is 14.1 Å². The number of pyridine rings is 1. The molecule has 0 aliphatic rings. The van der Waals surface area contributed by atoms with Crippen LogP contribution >= 0.6 is 0 Å². The quantitative estimate of drug-likeness (QED) is 0.181. The molecule has 0 N–H and O–H groups in total. The molecule has 0 atom stereocenters. The third kappa shape index (κ3) is 6.19. The number of fused-ring (bicyclic) bond motifs is 6. The van der Waals surface area contributed by atoms with Gasteiger partial charge in [-0.1, -0.05) is 107 Å². The summed E-state index contributed by atoms with van der Waals surface area (Å²) in [5.41, 5.74) is 14.4. The fourth-order valence-electron chi connectivity index (χ4n) is 8.24. The average molecular weight is 735 g/mol. The molecule has 0 saturated carbocycles. The van der Waals surface area contributed by atoms with Gasteiger partial charge < -0.3 is 9.13 Å². The zero-order valence-electron chi connectivity index (χ0n) is 35.2. The van der Waals surface area contributed by atoms with Crippen LogP contribution in [0.5, 0.6) is 0 Å². The summed E-state index contributed by atoms with van der Waals surface area (Å²) in [7, 11) is 0. The van der Waals surface area contributed by atoms with E-state index in [1.54, 1.807) is 0 Å². The van der Waals surface area contributed by atoms with Crippen molar-refractivity contribution < 1.29 is 0 Å². The Bertz CT molecular complexity index is 2750. The van der Waals surface area contributed by atoms with E-state index < -0.39 is 0 Å². The van der Waals surface area contributed by atoms with E-state index in [1.807, 2.05) is 18.5 Å². The van der Waals surface area contributed by atoms with Crippen molar-refractivity contribution in [2.24, 2.45) is 0 Å². The molecule has 0 saturated heterocycles. The first kappa shape index (κ1) is 37.3. The van der Waals surface area contributed by atoms with Crippen LogP contribution in [0.4, 0.5) is 0 Å². The number of benzene rings is 5. The van der Waals surface area contributed by atoms with Gasteiger partial charge in [-0.2, -0.15) is 5.26 Å². The molecule has 0 spiro atoms. The third-order valence-corrected chi connectivity index (χ3v) is 11.7. The predicted molar refractivity (Wildman–Crippen MR) is 238 cm³/mol. The van der Waals surface area contributed by atoms with Crippen LogP contribution in [0, 0.1) is 11.3 Å². The second kappa shape index (κ2) is 12.7. The summed E-state index contributed by atoms with van der Waals surface area (Å²) in [6, 6.07) is 38.5. The van der Waals surface area contributed by atoms with Crippen LogP contribution in [0.2, 0.25) is 0 Å². The fraction of sp³-hybridized carbons (Fsp3) is 0.308. The number of rotatable bonds is 3. The molecule has 0 amide bonds. The maximum Gasteiger partial charge on any atom is 0.0991 e. The van der Waals surface area contributed by atoms with Crippen molar-refractivity contribution in [3.63, 3.8) is 0 Å². The Labute approximate surface area is 332 Å². The molecule has 8 aromatic rings. The summed E-state index contributed by atoms with van der Waals surface area (Å²) in [6.07, 6.45) is 3.87. The standard InChI is InChI=1S/C52H54N4/c1-49(2,3)33-14-19-44-39(26-33)40-27-34(50(4,5)6)15-20-45(40)55(44)43-18-13-32(30-53)25-38(43)37-23-24-54-31-48(37)56-46-21-16-35(51(7,8)9)28-41(46)42-29-36(52(10,11)12)17-22-47(42)56/h13-29,31H,1-12H3. The first-order chi connectivity index (χ1) is 26.3. The Kier molecular flexibility index (Phi) is 8.44. The van der Waals surface area contributed by atoms with Crippen molar-refractivity contribution >= 4 is 43.6 Å². The molecular formula is C52H54N4. The number of nitriles is 1. The zero-order valence-corrected chi connectivity index (χ0v) is 35.2. The zero-order chi connectivity index (χ0) is 40.1. The average Bonchev–Trinajstić information content (AvgIpc) is 3.64. The summed E-state index contributed by atoms with van der Waals surface area (Å²) in [5.74, 6) is 0. The van der Waals surface area contributed by atoms with E-state index in [4.69, 9.17) is 4.98 Å². The van der Waals surface area contributed by atoms with Crippen molar-refractivity contribution in [3.05, 3.63) is 137 Å².